The van der Waals surface area contributed by atoms with Gasteiger partial charge in [0.1, 0.15) is 5.00 Å². The highest BCUT2D eigenvalue weighted by Gasteiger charge is 2.28. The molecule has 0 aliphatic heterocycles. The van der Waals surface area contributed by atoms with Gasteiger partial charge in [-0.15, -0.1) is 23.1 Å². The fraction of sp³-hybridized carbons (Fsp3) is 0.364. The number of anilines is 1. The molecule has 1 aliphatic carbocycles. The lowest BCUT2D eigenvalue weighted by atomic mass is 10.1. The van der Waals surface area contributed by atoms with Gasteiger partial charge < -0.3 is 14.6 Å². The van der Waals surface area contributed by atoms with Gasteiger partial charge in [0.15, 0.2) is 4.80 Å². The molecule has 0 unspecified atom stereocenters. The number of carbonyl (C=O) groups is 3. The highest BCUT2D eigenvalue weighted by Crippen LogP contribution is 2.39. The highest BCUT2D eigenvalue weighted by molar-refractivity contribution is 8.00. The second-order valence-electron chi connectivity index (χ2n) is 7.51. The van der Waals surface area contributed by atoms with E-state index in [9.17, 15) is 14.4 Å². The van der Waals surface area contributed by atoms with Gasteiger partial charge in [-0.3, -0.25) is 9.59 Å². The van der Waals surface area contributed by atoms with Crippen LogP contribution in [-0.2, 0) is 34.2 Å². The number of aryl methyl sites for hydroxylation is 3. The second-order valence-corrected chi connectivity index (χ2v) is 10.6. The molecule has 168 valence electrons. The van der Waals surface area contributed by atoms with Crippen molar-refractivity contribution in [3.05, 3.63) is 44.6 Å². The van der Waals surface area contributed by atoms with Crippen LogP contribution in [-0.4, -0.2) is 41.0 Å². The Labute approximate surface area is 197 Å². The van der Waals surface area contributed by atoms with E-state index >= 15 is 0 Å². The van der Waals surface area contributed by atoms with E-state index in [-0.39, 0.29) is 23.3 Å². The molecule has 0 saturated heterocycles. The zero-order chi connectivity index (χ0) is 22.8. The summed E-state index contributed by atoms with van der Waals surface area (Å²) in [4.78, 5) is 42.9. The molecule has 10 heteroatoms. The number of thioether (sulfide) groups is 1. The molecule has 0 radical (unpaired) electrons. The summed E-state index contributed by atoms with van der Waals surface area (Å²) in [5.41, 5.74) is 3.65. The van der Waals surface area contributed by atoms with Gasteiger partial charge in [0.2, 0.25) is 5.91 Å². The maximum absolute atomic E-state index is 12.4. The van der Waals surface area contributed by atoms with Gasteiger partial charge in [0.05, 0.1) is 34.4 Å². The number of rotatable bonds is 6. The van der Waals surface area contributed by atoms with E-state index in [1.54, 1.807) is 0 Å². The molecule has 2 heterocycles. The quantitative estimate of drug-likeness (QED) is 0.534. The van der Waals surface area contributed by atoms with Crippen molar-refractivity contribution in [3.8, 4) is 0 Å². The van der Waals surface area contributed by atoms with Crippen molar-refractivity contribution >= 4 is 67.4 Å². The number of methoxy groups -OCH3 is 1. The normalized spacial score (nSPS) is 13.4. The van der Waals surface area contributed by atoms with E-state index in [2.05, 4.69) is 16.4 Å². The van der Waals surface area contributed by atoms with E-state index in [1.165, 1.54) is 41.5 Å². The molecule has 1 N–H and O–H groups in total. The third-order valence-corrected chi connectivity index (χ3v) is 8.43. The SMILES string of the molecule is COC(=O)c1c(NC(=O)CSCC(=O)N=c2sc3cc(C)ccc3n2C)sc2c1CCC2. The number of fused-ring (bicyclic) bond motifs is 2. The van der Waals surface area contributed by atoms with Gasteiger partial charge in [0, 0.05) is 11.9 Å². The Bertz CT molecular complexity index is 1290. The summed E-state index contributed by atoms with van der Waals surface area (Å²) in [6, 6.07) is 6.13. The first-order valence-corrected chi connectivity index (χ1v) is 12.9. The maximum atomic E-state index is 12.4. The number of hydrogen-bond donors (Lipinski definition) is 1. The zero-order valence-electron chi connectivity index (χ0n) is 18.0. The molecule has 0 saturated carbocycles. The number of thiazole rings is 1. The molecule has 2 amide bonds. The molecule has 4 rings (SSSR count). The van der Waals surface area contributed by atoms with Crippen molar-refractivity contribution in [1.82, 2.24) is 4.57 Å². The summed E-state index contributed by atoms with van der Waals surface area (Å²) < 4.78 is 7.88. The number of hydrogen-bond acceptors (Lipinski definition) is 7. The second kappa shape index (κ2) is 9.60. The Kier molecular flexibility index (Phi) is 6.82. The van der Waals surface area contributed by atoms with Crippen LogP contribution >= 0.6 is 34.4 Å². The van der Waals surface area contributed by atoms with Gasteiger partial charge in [-0.25, -0.2) is 4.79 Å². The van der Waals surface area contributed by atoms with Crippen LogP contribution in [0.5, 0.6) is 0 Å². The largest absolute Gasteiger partial charge is 0.465 e. The van der Waals surface area contributed by atoms with E-state index in [1.807, 2.05) is 30.7 Å². The van der Waals surface area contributed by atoms with Crippen LogP contribution in [0.15, 0.2) is 23.2 Å². The summed E-state index contributed by atoms with van der Waals surface area (Å²) in [6.45, 7) is 2.03. The standard InChI is InChI=1S/C22H23N3O4S3/c1-12-7-8-14-16(9-12)32-22(25(14)2)24-18(27)11-30-10-17(26)23-20-19(21(28)29-3)13-5-4-6-15(13)31-20/h7-9H,4-6,10-11H2,1-3H3,(H,23,26). The number of esters is 1. The maximum Gasteiger partial charge on any atom is 0.341 e. The van der Waals surface area contributed by atoms with Crippen LogP contribution < -0.4 is 10.1 Å². The molecule has 0 spiro atoms. The lowest BCUT2D eigenvalue weighted by Gasteiger charge is -2.06. The summed E-state index contributed by atoms with van der Waals surface area (Å²) in [6.07, 6.45) is 2.75. The third-order valence-electron chi connectivity index (χ3n) is 5.21. The fourth-order valence-electron chi connectivity index (χ4n) is 3.69. The van der Waals surface area contributed by atoms with Crippen LogP contribution in [0.1, 0.15) is 32.8 Å². The first-order chi connectivity index (χ1) is 15.4. The molecular weight excluding hydrogens is 466 g/mol. The Morgan fingerprint density at radius 2 is 2.03 bits per heavy atom. The number of thiophene rings is 1. The monoisotopic (exact) mass is 489 g/mol. The van der Waals surface area contributed by atoms with Crippen molar-refractivity contribution in [2.24, 2.45) is 12.0 Å². The lowest BCUT2D eigenvalue weighted by molar-refractivity contribution is -0.115. The van der Waals surface area contributed by atoms with Crippen LogP contribution in [0.4, 0.5) is 5.00 Å². The molecule has 1 aromatic carbocycles. The number of ether oxygens (including phenoxy) is 1. The van der Waals surface area contributed by atoms with Gasteiger partial charge in [-0.2, -0.15) is 4.99 Å². The van der Waals surface area contributed by atoms with Crippen LogP contribution in [0.2, 0.25) is 0 Å². The number of nitrogens with zero attached hydrogens (tertiary/aromatic N) is 2. The molecule has 1 aliphatic rings. The summed E-state index contributed by atoms with van der Waals surface area (Å²) in [7, 11) is 3.23. The molecule has 3 aromatic rings. The number of aromatic nitrogens is 1. The van der Waals surface area contributed by atoms with E-state index < -0.39 is 5.97 Å². The Morgan fingerprint density at radius 3 is 2.81 bits per heavy atom. The average molecular weight is 490 g/mol. The number of carbonyl (C=O) groups excluding carboxylic acids is 3. The Morgan fingerprint density at radius 1 is 1.22 bits per heavy atom. The fourth-order valence-corrected chi connectivity index (χ4v) is 6.72. The smallest absolute Gasteiger partial charge is 0.341 e. The predicted molar refractivity (Wildman–Crippen MR) is 130 cm³/mol. The van der Waals surface area contributed by atoms with E-state index in [4.69, 9.17) is 4.74 Å². The Hall–Kier alpha value is -2.43. The van der Waals surface area contributed by atoms with Gasteiger partial charge in [0.25, 0.3) is 5.91 Å². The topological polar surface area (TPSA) is 89.8 Å². The molecule has 2 aromatic heterocycles. The summed E-state index contributed by atoms with van der Waals surface area (Å²) >= 11 is 4.11. The third kappa shape index (κ3) is 4.67. The van der Waals surface area contributed by atoms with Crippen molar-refractivity contribution in [1.29, 1.82) is 0 Å². The average Bonchev–Trinajstić information content (AvgIpc) is 3.41. The van der Waals surface area contributed by atoms with E-state index in [0.29, 0.717) is 15.4 Å². The number of nitrogens with one attached hydrogen (secondary N) is 1. The minimum Gasteiger partial charge on any atom is -0.465 e. The summed E-state index contributed by atoms with van der Waals surface area (Å²) in [5.74, 6) is -0.760. The number of benzene rings is 1. The van der Waals surface area contributed by atoms with Crippen molar-refractivity contribution in [2.45, 2.75) is 26.2 Å². The summed E-state index contributed by atoms with van der Waals surface area (Å²) in [5, 5.41) is 3.36. The predicted octanol–water partition coefficient (Wildman–Crippen LogP) is 3.68. The van der Waals surface area contributed by atoms with Gasteiger partial charge in [-0.1, -0.05) is 17.4 Å². The molecule has 0 atom stereocenters. The first-order valence-electron chi connectivity index (χ1n) is 10.1. The van der Waals surface area contributed by atoms with E-state index in [0.717, 1.165) is 45.5 Å². The van der Waals surface area contributed by atoms with Crippen LogP contribution in [0.25, 0.3) is 10.2 Å². The molecule has 0 bridgehead atoms. The van der Waals surface area contributed by atoms with Crippen molar-refractivity contribution in [2.75, 3.05) is 23.9 Å². The van der Waals surface area contributed by atoms with Crippen LogP contribution in [0.3, 0.4) is 0 Å². The minimum absolute atomic E-state index is 0.0994. The Balaban J connectivity index is 1.37. The van der Waals surface area contributed by atoms with Gasteiger partial charge in [-0.05, 0) is 49.4 Å². The zero-order valence-corrected chi connectivity index (χ0v) is 20.5. The van der Waals surface area contributed by atoms with Crippen molar-refractivity contribution < 1.29 is 19.1 Å². The van der Waals surface area contributed by atoms with Gasteiger partial charge >= 0.3 is 5.97 Å². The first kappa shape index (κ1) is 22.8. The number of amides is 2. The lowest BCUT2D eigenvalue weighted by Crippen LogP contribution is -2.18. The van der Waals surface area contributed by atoms with Crippen molar-refractivity contribution in [3.63, 3.8) is 0 Å². The molecule has 32 heavy (non-hydrogen) atoms. The molecular formula is C22H23N3O4S3. The molecule has 7 nitrogen and oxygen atoms in total. The van der Waals surface area contributed by atoms with Crippen LogP contribution in [0, 0.1) is 6.92 Å². The highest BCUT2D eigenvalue weighted by atomic mass is 32.2. The minimum atomic E-state index is -0.423. The molecule has 0 fully saturated rings.